The van der Waals surface area contributed by atoms with Crippen LogP contribution in [0.1, 0.15) is 20.8 Å². The highest BCUT2D eigenvalue weighted by Gasteiger charge is 2.20. The number of rotatable bonds is 2. The van der Waals surface area contributed by atoms with Gasteiger partial charge in [0, 0.05) is 7.05 Å². The van der Waals surface area contributed by atoms with Crippen molar-refractivity contribution in [3.8, 4) is 0 Å². The van der Waals surface area contributed by atoms with Gasteiger partial charge in [-0.3, -0.25) is 10.2 Å². The van der Waals surface area contributed by atoms with Crippen LogP contribution in [0.4, 0.5) is 4.79 Å². The third kappa shape index (κ3) is 5.36. The maximum atomic E-state index is 11.3. The van der Waals surface area contributed by atoms with E-state index in [-0.39, 0.29) is 6.54 Å². The molecule has 0 fully saturated rings. The quantitative estimate of drug-likeness (QED) is 0.371. The molecule has 0 spiro atoms. The van der Waals surface area contributed by atoms with Gasteiger partial charge in [0.05, 0.1) is 0 Å². The maximum absolute atomic E-state index is 11.3. The molecule has 0 heterocycles. The first-order valence-electron chi connectivity index (χ1n) is 4.20. The van der Waals surface area contributed by atoms with Crippen LogP contribution < -0.4 is 11.3 Å². The number of nitrogens with one attached hydrogen (secondary N) is 1. The highest BCUT2D eigenvalue weighted by molar-refractivity contribution is 5.81. The van der Waals surface area contributed by atoms with Gasteiger partial charge in [0.15, 0.2) is 0 Å². The Bertz CT molecular complexity index is 222. The number of ether oxygens (including phenoxy) is 1. The second kappa shape index (κ2) is 4.80. The summed E-state index contributed by atoms with van der Waals surface area (Å²) in [7, 11) is 1.46. The summed E-state index contributed by atoms with van der Waals surface area (Å²) >= 11 is 0. The van der Waals surface area contributed by atoms with Crippen molar-refractivity contribution in [2.45, 2.75) is 26.4 Å². The number of amides is 2. The molecule has 0 saturated heterocycles. The Hall–Kier alpha value is -1.30. The Balaban J connectivity index is 4.07. The van der Waals surface area contributed by atoms with Crippen molar-refractivity contribution >= 4 is 12.0 Å². The van der Waals surface area contributed by atoms with E-state index in [1.807, 2.05) is 5.43 Å². The molecule has 0 aromatic heterocycles. The van der Waals surface area contributed by atoms with Crippen LogP contribution in [0, 0.1) is 0 Å². The molecule has 0 bridgehead atoms. The van der Waals surface area contributed by atoms with Gasteiger partial charge in [-0.2, -0.15) is 0 Å². The van der Waals surface area contributed by atoms with Crippen LogP contribution in [0.5, 0.6) is 0 Å². The molecule has 0 rings (SSSR count). The lowest BCUT2D eigenvalue weighted by Crippen LogP contribution is -2.43. The fourth-order valence-electron chi connectivity index (χ4n) is 0.665. The fourth-order valence-corrected chi connectivity index (χ4v) is 0.665. The molecule has 6 heteroatoms. The first kappa shape index (κ1) is 12.7. The minimum atomic E-state index is -0.565. The number of hydrogen-bond acceptors (Lipinski definition) is 4. The predicted octanol–water partition coefficient (Wildman–Crippen LogP) is -0.157. The van der Waals surface area contributed by atoms with Crippen molar-refractivity contribution in [1.29, 1.82) is 0 Å². The molecular formula is C8H17N3O3. The van der Waals surface area contributed by atoms with Crippen LogP contribution >= 0.6 is 0 Å². The predicted molar refractivity (Wildman–Crippen MR) is 51.2 cm³/mol. The second-order valence-electron chi connectivity index (χ2n) is 3.90. The molecule has 14 heavy (non-hydrogen) atoms. The topological polar surface area (TPSA) is 84.7 Å². The molecule has 0 saturated carbocycles. The van der Waals surface area contributed by atoms with Gasteiger partial charge in [0.1, 0.15) is 12.1 Å². The summed E-state index contributed by atoms with van der Waals surface area (Å²) in [5, 5.41) is 0. The van der Waals surface area contributed by atoms with Crippen molar-refractivity contribution in [2.75, 3.05) is 13.6 Å². The summed E-state index contributed by atoms with van der Waals surface area (Å²) in [5.74, 6) is 4.42. The number of likely N-dealkylation sites (N-methyl/N-ethyl adjacent to an activating group) is 1. The molecule has 3 N–H and O–H groups in total. The Morgan fingerprint density at radius 1 is 1.43 bits per heavy atom. The largest absolute Gasteiger partial charge is 0.444 e. The van der Waals surface area contributed by atoms with Crippen molar-refractivity contribution in [3.63, 3.8) is 0 Å². The lowest BCUT2D eigenvalue weighted by Gasteiger charge is -2.24. The Morgan fingerprint density at radius 3 is 2.29 bits per heavy atom. The van der Waals surface area contributed by atoms with Gasteiger partial charge in [-0.15, -0.1) is 0 Å². The van der Waals surface area contributed by atoms with E-state index in [9.17, 15) is 9.59 Å². The van der Waals surface area contributed by atoms with Gasteiger partial charge in [-0.05, 0) is 20.8 Å². The second-order valence-corrected chi connectivity index (χ2v) is 3.90. The molecular weight excluding hydrogens is 186 g/mol. The maximum Gasteiger partial charge on any atom is 0.410 e. The van der Waals surface area contributed by atoms with Crippen LogP contribution in [0.25, 0.3) is 0 Å². The first-order chi connectivity index (χ1) is 6.26. The summed E-state index contributed by atoms with van der Waals surface area (Å²) in [5.41, 5.74) is 1.36. The molecule has 0 aromatic rings. The summed E-state index contributed by atoms with van der Waals surface area (Å²) in [6.45, 7) is 5.14. The van der Waals surface area contributed by atoms with Crippen LogP contribution in [0.15, 0.2) is 0 Å². The lowest BCUT2D eigenvalue weighted by molar-refractivity contribution is -0.122. The fraction of sp³-hybridized carbons (Fsp3) is 0.750. The van der Waals surface area contributed by atoms with E-state index in [1.165, 1.54) is 7.05 Å². The zero-order chi connectivity index (χ0) is 11.4. The van der Waals surface area contributed by atoms with Gasteiger partial charge in [-0.25, -0.2) is 10.6 Å². The van der Waals surface area contributed by atoms with Gasteiger partial charge >= 0.3 is 6.09 Å². The molecule has 0 unspecified atom stereocenters. The van der Waals surface area contributed by atoms with Gasteiger partial charge in [0.2, 0.25) is 0 Å². The molecule has 6 nitrogen and oxygen atoms in total. The molecule has 2 amide bonds. The highest BCUT2D eigenvalue weighted by Crippen LogP contribution is 2.08. The average molecular weight is 203 g/mol. The number of hydrazine groups is 1. The van der Waals surface area contributed by atoms with Gasteiger partial charge < -0.3 is 9.64 Å². The SMILES string of the molecule is CN(CC(=O)NN)C(=O)OC(C)(C)C. The normalized spacial score (nSPS) is 10.6. The molecule has 82 valence electrons. The van der Waals surface area contributed by atoms with Crippen molar-refractivity contribution in [3.05, 3.63) is 0 Å². The summed E-state index contributed by atoms with van der Waals surface area (Å²) in [4.78, 5) is 23.2. The van der Waals surface area contributed by atoms with E-state index in [0.717, 1.165) is 4.90 Å². The number of nitrogens with two attached hydrogens (primary N) is 1. The van der Waals surface area contributed by atoms with Gasteiger partial charge in [-0.1, -0.05) is 0 Å². The number of carbonyl (C=O) groups excluding carboxylic acids is 2. The van der Waals surface area contributed by atoms with Crippen molar-refractivity contribution in [1.82, 2.24) is 10.3 Å². The average Bonchev–Trinajstić information content (AvgIpc) is 2.00. The van der Waals surface area contributed by atoms with Gasteiger partial charge in [0.25, 0.3) is 5.91 Å². The Labute approximate surface area is 83.4 Å². The van der Waals surface area contributed by atoms with E-state index < -0.39 is 17.6 Å². The summed E-state index contributed by atoms with van der Waals surface area (Å²) in [6, 6.07) is 0. The Kier molecular flexibility index (Phi) is 4.36. The number of carbonyl (C=O) groups is 2. The summed E-state index contributed by atoms with van der Waals surface area (Å²) < 4.78 is 5.01. The van der Waals surface area contributed by atoms with E-state index in [1.54, 1.807) is 20.8 Å². The van der Waals surface area contributed by atoms with E-state index >= 15 is 0 Å². The van der Waals surface area contributed by atoms with E-state index in [2.05, 4.69) is 0 Å². The smallest absolute Gasteiger partial charge is 0.410 e. The molecule has 0 aromatic carbocycles. The van der Waals surface area contributed by atoms with Crippen molar-refractivity contribution in [2.24, 2.45) is 5.84 Å². The summed E-state index contributed by atoms with van der Waals surface area (Å²) in [6.07, 6.45) is -0.555. The van der Waals surface area contributed by atoms with E-state index in [0.29, 0.717) is 0 Å². The van der Waals surface area contributed by atoms with Crippen LogP contribution in [-0.2, 0) is 9.53 Å². The van der Waals surface area contributed by atoms with Crippen LogP contribution in [0.2, 0.25) is 0 Å². The zero-order valence-electron chi connectivity index (χ0n) is 8.96. The minimum absolute atomic E-state index is 0.120. The zero-order valence-corrected chi connectivity index (χ0v) is 8.96. The third-order valence-corrected chi connectivity index (χ3v) is 1.25. The highest BCUT2D eigenvalue weighted by atomic mass is 16.6. The van der Waals surface area contributed by atoms with E-state index in [4.69, 9.17) is 10.6 Å². The van der Waals surface area contributed by atoms with Crippen LogP contribution in [-0.4, -0.2) is 36.1 Å². The molecule has 0 aliphatic carbocycles. The molecule has 0 aliphatic heterocycles. The first-order valence-corrected chi connectivity index (χ1v) is 4.20. The number of hydrogen-bond donors (Lipinski definition) is 2. The monoisotopic (exact) mass is 203 g/mol. The van der Waals surface area contributed by atoms with Crippen LogP contribution in [0.3, 0.4) is 0 Å². The molecule has 0 radical (unpaired) electrons. The number of nitrogens with zero attached hydrogens (tertiary/aromatic N) is 1. The third-order valence-electron chi connectivity index (χ3n) is 1.25. The molecule has 0 atom stereocenters. The minimum Gasteiger partial charge on any atom is -0.444 e. The Morgan fingerprint density at radius 2 is 1.93 bits per heavy atom. The molecule has 0 aliphatic rings. The lowest BCUT2D eigenvalue weighted by atomic mass is 10.2. The van der Waals surface area contributed by atoms with Crippen molar-refractivity contribution < 1.29 is 14.3 Å². The standard InChI is InChI=1S/C8H17N3O3/c1-8(2,3)14-7(13)11(4)5-6(12)10-9/h5,9H2,1-4H3,(H,10,12).